The van der Waals surface area contributed by atoms with Crippen molar-refractivity contribution >= 4 is 5.97 Å². The van der Waals surface area contributed by atoms with E-state index in [1.165, 1.54) is 6.07 Å². The zero-order valence-electron chi connectivity index (χ0n) is 12.1. The molecule has 0 saturated heterocycles. The second kappa shape index (κ2) is 8.23. The highest BCUT2D eigenvalue weighted by Crippen LogP contribution is 2.20. The van der Waals surface area contributed by atoms with Gasteiger partial charge in [0.25, 0.3) is 5.89 Å². The maximum absolute atomic E-state index is 13.6. The Hall–Kier alpha value is -2.28. The molecule has 0 radical (unpaired) electrons. The van der Waals surface area contributed by atoms with E-state index in [-0.39, 0.29) is 17.9 Å². The Morgan fingerprint density at radius 3 is 2.82 bits per heavy atom. The van der Waals surface area contributed by atoms with Gasteiger partial charge in [-0.2, -0.15) is 0 Å². The molecule has 1 aromatic carbocycles. The molecule has 0 saturated carbocycles. The number of aromatic nitrogens is 2. The molecule has 22 heavy (non-hydrogen) atoms. The molecule has 1 aromatic heterocycles. The third-order valence-electron chi connectivity index (χ3n) is 3.09. The van der Waals surface area contributed by atoms with Gasteiger partial charge in [-0.15, -0.1) is 10.2 Å². The number of halogens is 1. The van der Waals surface area contributed by atoms with Crippen molar-refractivity contribution < 1.29 is 18.7 Å². The van der Waals surface area contributed by atoms with E-state index in [1.807, 2.05) is 0 Å². The fourth-order valence-electron chi connectivity index (χ4n) is 1.97. The van der Waals surface area contributed by atoms with Gasteiger partial charge >= 0.3 is 5.97 Å². The first kappa shape index (κ1) is 16.1. The van der Waals surface area contributed by atoms with Crippen LogP contribution in [-0.4, -0.2) is 27.8 Å². The molecule has 0 fully saturated rings. The molecule has 2 rings (SSSR count). The van der Waals surface area contributed by atoms with Gasteiger partial charge < -0.3 is 14.8 Å². The summed E-state index contributed by atoms with van der Waals surface area (Å²) < 4.78 is 19.0. The third kappa shape index (κ3) is 4.92. The largest absolute Gasteiger partial charge is 0.481 e. The first-order valence-electron chi connectivity index (χ1n) is 7.16. The second-order valence-corrected chi connectivity index (χ2v) is 4.86. The fraction of sp³-hybridized carbons (Fsp3) is 0.400. The molecule has 2 N–H and O–H groups in total. The van der Waals surface area contributed by atoms with E-state index in [2.05, 4.69) is 15.5 Å². The number of hydrogen-bond acceptors (Lipinski definition) is 5. The number of hydrogen-bond donors (Lipinski definition) is 2. The van der Waals surface area contributed by atoms with Crippen LogP contribution in [0.4, 0.5) is 4.39 Å². The SMILES string of the molecule is O=C(O)CCCCCNCc1nnc(-c2ccccc2F)o1. The van der Waals surface area contributed by atoms with Crippen molar-refractivity contribution in [2.75, 3.05) is 6.54 Å². The zero-order valence-corrected chi connectivity index (χ0v) is 12.1. The molecule has 0 unspecified atom stereocenters. The van der Waals surface area contributed by atoms with Crippen molar-refractivity contribution in [3.63, 3.8) is 0 Å². The van der Waals surface area contributed by atoms with E-state index >= 15 is 0 Å². The second-order valence-electron chi connectivity index (χ2n) is 4.86. The lowest BCUT2D eigenvalue weighted by atomic mass is 10.2. The summed E-state index contributed by atoms with van der Waals surface area (Å²) in [5, 5.41) is 19.3. The summed E-state index contributed by atoms with van der Waals surface area (Å²) in [5.41, 5.74) is 0.287. The predicted octanol–water partition coefficient (Wildman–Crippen LogP) is 2.61. The van der Waals surface area contributed by atoms with E-state index < -0.39 is 11.8 Å². The van der Waals surface area contributed by atoms with Crippen molar-refractivity contribution in [3.8, 4) is 11.5 Å². The lowest BCUT2D eigenvalue weighted by Crippen LogP contribution is -2.15. The van der Waals surface area contributed by atoms with E-state index in [1.54, 1.807) is 18.2 Å². The maximum atomic E-state index is 13.6. The minimum atomic E-state index is -0.764. The normalized spacial score (nSPS) is 10.8. The molecule has 0 aliphatic rings. The van der Waals surface area contributed by atoms with Crippen LogP contribution >= 0.6 is 0 Å². The topological polar surface area (TPSA) is 88.2 Å². The molecule has 118 valence electrons. The number of carboxylic acid groups (broad SMARTS) is 1. The first-order chi connectivity index (χ1) is 10.7. The molecule has 0 bridgehead atoms. The standard InChI is InChI=1S/C15H18FN3O3/c16-12-7-4-3-6-11(12)15-19-18-13(22-15)10-17-9-5-1-2-8-14(20)21/h3-4,6-7,17H,1-2,5,8-10H2,(H,20,21). The van der Waals surface area contributed by atoms with Crippen LogP contribution in [0.3, 0.4) is 0 Å². The minimum Gasteiger partial charge on any atom is -0.481 e. The molecular formula is C15H18FN3O3. The maximum Gasteiger partial charge on any atom is 0.303 e. The summed E-state index contributed by atoms with van der Waals surface area (Å²) >= 11 is 0. The summed E-state index contributed by atoms with van der Waals surface area (Å²) in [6.07, 6.45) is 2.61. The molecule has 0 aliphatic heterocycles. The van der Waals surface area contributed by atoms with Gasteiger partial charge in [0.2, 0.25) is 5.89 Å². The summed E-state index contributed by atoms with van der Waals surface area (Å²) in [6.45, 7) is 1.14. The van der Waals surface area contributed by atoms with E-state index in [0.717, 1.165) is 19.4 Å². The molecule has 0 amide bonds. The highest BCUT2D eigenvalue weighted by Gasteiger charge is 2.11. The zero-order chi connectivity index (χ0) is 15.8. The third-order valence-corrected chi connectivity index (χ3v) is 3.09. The lowest BCUT2D eigenvalue weighted by Gasteiger charge is -2.01. The van der Waals surface area contributed by atoms with Crippen molar-refractivity contribution in [2.24, 2.45) is 0 Å². The lowest BCUT2D eigenvalue weighted by molar-refractivity contribution is -0.137. The number of carbonyl (C=O) groups is 1. The fourth-order valence-corrected chi connectivity index (χ4v) is 1.97. The van der Waals surface area contributed by atoms with E-state index in [9.17, 15) is 9.18 Å². The number of rotatable bonds is 9. The van der Waals surface area contributed by atoms with Crippen LogP contribution in [0.5, 0.6) is 0 Å². The van der Waals surface area contributed by atoms with Crippen LogP contribution in [0.2, 0.25) is 0 Å². The molecule has 2 aromatic rings. The van der Waals surface area contributed by atoms with Gasteiger partial charge in [-0.25, -0.2) is 4.39 Å². The van der Waals surface area contributed by atoms with E-state index in [0.29, 0.717) is 18.9 Å². The highest BCUT2D eigenvalue weighted by atomic mass is 19.1. The molecule has 0 spiro atoms. The average molecular weight is 307 g/mol. The van der Waals surface area contributed by atoms with Crippen LogP contribution in [-0.2, 0) is 11.3 Å². The average Bonchev–Trinajstić information content (AvgIpc) is 2.95. The van der Waals surface area contributed by atoms with Gasteiger partial charge in [-0.3, -0.25) is 4.79 Å². The quantitative estimate of drug-likeness (QED) is 0.692. The van der Waals surface area contributed by atoms with Gasteiger partial charge in [0.1, 0.15) is 5.82 Å². The predicted molar refractivity (Wildman–Crippen MR) is 77.5 cm³/mol. The molecule has 1 heterocycles. The van der Waals surface area contributed by atoms with Gasteiger partial charge in [0, 0.05) is 6.42 Å². The number of nitrogens with zero attached hydrogens (tertiary/aromatic N) is 2. The van der Waals surface area contributed by atoms with Crippen molar-refractivity contribution in [1.29, 1.82) is 0 Å². The molecular weight excluding hydrogens is 289 g/mol. The number of nitrogens with one attached hydrogen (secondary N) is 1. The van der Waals surface area contributed by atoms with Crippen LogP contribution in [0.25, 0.3) is 11.5 Å². The first-order valence-corrected chi connectivity index (χ1v) is 7.16. The Balaban J connectivity index is 1.72. The van der Waals surface area contributed by atoms with Gasteiger partial charge in [0.15, 0.2) is 0 Å². The Morgan fingerprint density at radius 2 is 2.05 bits per heavy atom. The van der Waals surface area contributed by atoms with Crippen LogP contribution in [0.1, 0.15) is 31.6 Å². The Morgan fingerprint density at radius 1 is 1.23 bits per heavy atom. The van der Waals surface area contributed by atoms with Crippen molar-refractivity contribution in [2.45, 2.75) is 32.2 Å². The molecule has 0 atom stereocenters. The Bertz CT molecular complexity index is 616. The number of benzene rings is 1. The molecule has 7 heteroatoms. The Labute approximate surface area is 127 Å². The summed E-state index contributed by atoms with van der Waals surface area (Å²) in [5.74, 6) is -0.608. The summed E-state index contributed by atoms with van der Waals surface area (Å²) in [4.78, 5) is 10.3. The van der Waals surface area contributed by atoms with Crippen molar-refractivity contribution in [3.05, 3.63) is 36.0 Å². The summed E-state index contributed by atoms with van der Waals surface area (Å²) in [6, 6.07) is 6.23. The molecule has 6 nitrogen and oxygen atoms in total. The highest BCUT2D eigenvalue weighted by molar-refractivity contribution is 5.66. The Kier molecular flexibility index (Phi) is 6.02. The number of aliphatic carboxylic acids is 1. The number of unbranched alkanes of at least 4 members (excludes halogenated alkanes) is 2. The summed E-state index contributed by atoms with van der Waals surface area (Å²) in [7, 11) is 0. The molecule has 0 aliphatic carbocycles. The van der Waals surface area contributed by atoms with E-state index in [4.69, 9.17) is 9.52 Å². The minimum absolute atomic E-state index is 0.163. The van der Waals surface area contributed by atoms with Gasteiger partial charge in [-0.05, 0) is 31.5 Å². The number of carboxylic acids is 1. The van der Waals surface area contributed by atoms with Gasteiger partial charge in [0.05, 0.1) is 12.1 Å². The smallest absolute Gasteiger partial charge is 0.303 e. The van der Waals surface area contributed by atoms with Crippen LogP contribution in [0.15, 0.2) is 28.7 Å². The monoisotopic (exact) mass is 307 g/mol. The van der Waals surface area contributed by atoms with Crippen molar-refractivity contribution in [1.82, 2.24) is 15.5 Å². The van der Waals surface area contributed by atoms with Gasteiger partial charge in [-0.1, -0.05) is 18.6 Å². The van der Waals surface area contributed by atoms with Crippen LogP contribution < -0.4 is 5.32 Å². The van der Waals surface area contributed by atoms with Crippen LogP contribution in [0, 0.1) is 5.82 Å².